The number of halogens is 3. The van der Waals surface area contributed by atoms with E-state index < -0.39 is 11.9 Å². The molecule has 0 radical (unpaired) electrons. The van der Waals surface area contributed by atoms with Gasteiger partial charge < -0.3 is 14.8 Å². The molecule has 0 saturated heterocycles. The molecule has 6 nitrogen and oxygen atoms in total. The molecule has 2 aromatic rings. The van der Waals surface area contributed by atoms with Gasteiger partial charge in [0.15, 0.2) is 5.69 Å². The van der Waals surface area contributed by atoms with Crippen LogP contribution in [0, 0.1) is 0 Å². The molecule has 0 fully saturated rings. The largest absolute Gasteiger partial charge is 0.433 e. The number of alkyl halides is 3. The van der Waals surface area contributed by atoms with Crippen molar-refractivity contribution in [3.8, 4) is 0 Å². The monoisotopic (exact) mass is 300 g/mol. The second-order valence-electron chi connectivity index (χ2n) is 4.49. The van der Waals surface area contributed by atoms with Gasteiger partial charge >= 0.3 is 6.18 Å². The molecule has 0 aliphatic heterocycles. The quantitative estimate of drug-likeness (QED) is 0.934. The summed E-state index contributed by atoms with van der Waals surface area (Å²) in [5, 5.41) is 2.54. The number of imidazole rings is 1. The molecular formula is C12H15F3N6. The van der Waals surface area contributed by atoms with Gasteiger partial charge in [-0.15, -0.1) is 0 Å². The van der Waals surface area contributed by atoms with Crippen molar-refractivity contribution < 1.29 is 13.2 Å². The van der Waals surface area contributed by atoms with Crippen LogP contribution in [0.3, 0.4) is 0 Å². The first-order chi connectivity index (χ1) is 9.81. The molecule has 2 aromatic heterocycles. The smallest absolute Gasteiger partial charge is 0.357 e. The van der Waals surface area contributed by atoms with Crippen LogP contribution in [0.1, 0.15) is 11.5 Å². The van der Waals surface area contributed by atoms with Crippen molar-refractivity contribution >= 4 is 11.8 Å². The normalized spacial score (nSPS) is 11.5. The second kappa shape index (κ2) is 5.58. The number of nitrogens with zero attached hydrogens (tertiary/aromatic N) is 5. The average molecular weight is 300 g/mol. The number of aryl methyl sites for hydroxylation is 1. The van der Waals surface area contributed by atoms with Crippen molar-refractivity contribution in [2.45, 2.75) is 12.7 Å². The molecule has 114 valence electrons. The molecule has 0 saturated carbocycles. The minimum absolute atomic E-state index is 0.0773. The molecule has 0 atom stereocenters. The maximum Gasteiger partial charge on any atom is 0.433 e. The molecule has 0 amide bonds. The van der Waals surface area contributed by atoms with E-state index in [4.69, 9.17) is 0 Å². The minimum atomic E-state index is -4.52. The van der Waals surface area contributed by atoms with Gasteiger partial charge in [-0.05, 0) is 0 Å². The summed E-state index contributed by atoms with van der Waals surface area (Å²) in [5.41, 5.74) is -0.983. The summed E-state index contributed by atoms with van der Waals surface area (Å²) in [7, 11) is 4.94. The first kappa shape index (κ1) is 15.1. The Bertz CT molecular complexity index is 622. The fourth-order valence-electron chi connectivity index (χ4n) is 1.73. The molecule has 0 aliphatic rings. The van der Waals surface area contributed by atoms with Crippen LogP contribution < -0.4 is 10.2 Å². The highest BCUT2D eigenvalue weighted by molar-refractivity contribution is 5.44. The molecule has 2 heterocycles. The summed E-state index contributed by atoms with van der Waals surface area (Å²) < 4.78 is 40.3. The van der Waals surface area contributed by atoms with E-state index in [-0.39, 0.29) is 11.8 Å². The summed E-state index contributed by atoms with van der Waals surface area (Å²) in [6, 6.07) is 0.920. The van der Waals surface area contributed by atoms with Gasteiger partial charge in [0.1, 0.15) is 11.6 Å². The van der Waals surface area contributed by atoms with Gasteiger partial charge in [0, 0.05) is 39.6 Å². The van der Waals surface area contributed by atoms with Crippen LogP contribution in [0.15, 0.2) is 18.5 Å². The molecule has 1 N–H and O–H groups in total. The van der Waals surface area contributed by atoms with Gasteiger partial charge in [-0.25, -0.2) is 9.97 Å². The topological polar surface area (TPSA) is 58.9 Å². The van der Waals surface area contributed by atoms with E-state index in [2.05, 4.69) is 20.3 Å². The van der Waals surface area contributed by atoms with E-state index in [1.807, 2.05) is 7.05 Å². The summed E-state index contributed by atoms with van der Waals surface area (Å²) in [4.78, 5) is 13.2. The van der Waals surface area contributed by atoms with Crippen LogP contribution in [-0.4, -0.2) is 33.6 Å². The first-order valence-corrected chi connectivity index (χ1v) is 6.12. The highest BCUT2D eigenvalue weighted by Gasteiger charge is 2.34. The zero-order valence-electron chi connectivity index (χ0n) is 11.8. The minimum Gasteiger partial charge on any atom is -0.357 e. The lowest BCUT2D eigenvalue weighted by Crippen LogP contribution is -2.22. The number of hydrogen-bond acceptors (Lipinski definition) is 5. The van der Waals surface area contributed by atoms with E-state index in [0.717, 1.165) is 11.9 Å². The fraction of sp³-hybridized carbons (Fsp3) is 0.417. The van der Waals surface area contributed by atoms with Gasteiger partial charge in [0.25, 0.3) is 0 Å². The van der Waals surface area contributed by atoms with Gasteiger partial charge in [-0.1, -0.05) is 0 Å². The van der Waals surface area contributed by atoms with E-state index in [0.29, 0.717) is 6.54 Å². The summed E-state index contributed by atoms with van der Waals surface area (Å²) >= 11 is 0. The number of rotatable bonds is 4. The van der Waals surface area contributed by atoms with E-state index in [1.165, 1.54) is 7.05 Å². The zero-order valence-corrected chi connectivity index (χ0v) is 11.8. The van der Waals surface area contributed by atoms with Gasteiger partial charge in [-0.3, -0.25) is 0 Å². The Morgan fingerprint density at radius 2 is 2.05 bits per heavy atom. The third kappa shape index (κ3) is 3.41. The Balaban J connectivity index is 2.32. The van der Waals surface area contributed by atoms with Crippen molar-refractivity contribution in [2.24, 2.45) is 7.05 Å². The van der Waals surface area contributed by atoms with E-state index in [9.17, 15) is 13.2 Å². The van der Waals surface area contributed by atoms with Crippen LogP contribution in [0.5, 0.6) is 0 Å². The molecule has 0 aromatic carbocycles. The van der Waals surface area contributed by atoms with Crippen molar-refractivity contribution in [2.75, 3.05) is 24.3 Å². The van der Waals surface area contributed by atoms with Crippen molar-refractivity contribution in [1.29, 1.82) is 0 Å². The molecule has 0 bridgehead atoms. The molecule has 0 aliphatic carbocycles. The molecule has 0 spiro atoms. The lowest BCUT2D eigenvalue weighted by atomic mass is 10.3. The number of aromatic nitrogens is 4. The standard InChI is InChI=1S/C12H15F3N6/c1-16-11-18-8(12(13,14)15)6-9(19-11)21(3)7-10-17-4-5-20(10)2/h4-6H,7H2,1-3H3,(H,16,18,19). The lowest BCUT2D eigenvalue weighted by molar-refractivity contribution is -0.141. The summed E-state index contributed by atoms with van der Waals surface area (Å²) in [6.45, 7) is 0.334. The van der Waals surface area contributed by atoms with Crippen LogP contribution in [-0.2, 0) is 19.8 Å². The highest BCUT2D eigenvalue weighted by atomic mass is 19.4. The Morgan fingerprint density at radius 1 is 1.33 bits per heavy atom. The SMILES string of the molecule is CNc1nc(N(C)Cc2nccn2C)cc(C(F)(F)F)n1. The van der Waals surface area contributed by atoms with Crippen LogP contribution in [0.25, 0.3) is 0 Å². The first-order valence-electron chi connectivity index (χ1n) is 6.12. The predicted molar refractivity (Wildman–Crippen MR) is 71.9 cm³/mol. The Kier molecular flexibility index (Phi) is 4.01. The van der Waals surface area contributed by atoms with Gasteiger partial charge in [0.2, 0.25) is 5.95 Å². The zero-order chi connectivity index (χ0) is 15.6. The Morgan fingerprint density at radius 3 is 2.57 bits per heavy atom. The average Bonchev–Trinajstić information content (AvgIpc) is 2.82. The maximum absolute atomic E-state index is 12.8. The molecule has 9 heteroatoms. The van der Waals surface area contributed by atoms with Crippen LogP contribution in [0.4, 0.5) is 24.9 Å². The summed E-state index contributed by atoms with van der Waals surface area (Å²) in [5.74, 6) is 0.812. The van der Waals surface area contributed by atoms with Crippen molar-refractivity contribution in [3.63, 3.8) is 0 Å². The van der Waals surface area contributed by atoms with E-state index >= 15 is 0 Å². The third-order valence-electron chi connectivity index (χ3n) is 2.92. The number of nitrogens with one attached hydrogen (secondary N) is 1. The number of hydrogen-bond donors (Lipinski definition) is 1. The molecule has 21 heavy (non-hydrogen) atoms. The summed E-state index contributed by atoms with van der Waals surface area (Å²) in [6.07, 6.45) is -1.13. The van der Waals surface area contributed by atoms with Gasteiger partial charge in [0.05, 0.1) is 6.54 Å². The molecule has 2 rings (SSSR count). The van der Waals surface area contributed by atoms with Crippen molar-refractivity contribution in [1.82, 2.24) is 19.5 Å². The van der Waals surface area contributed by atoms with E-state index in [1.54, 1.807) is 28.9 Å². The third-order valence-corrected chi connectivity index (χ3v) is 2.92. The Hall–Kier alpha value is -2.32. The van der Waals surface area contributed by atoms with Crippen molar-refractivity contribution in [3.05, 3.63) is 30.0 Å². The van der Waals surface area contributed by atoms with Gasteiger partial charge in [-0.2, -0.15) is 18.2 Å². The number of anilines is 2. The predicted octanol–water partition coefficient (Wildman–Crippen LogP) is 1.91. The highest BCUT2D eigenvalue weighted by Crippen LogP contribution is 2.30. The van der Waals surface area contributed by atoms with Crippen LogP contribution in [0.2, 0.25) is 0 Å². The Labute approximate surface area is 119 Å². The van der Waals surface area contributed by atoms with Crippen LogP contribution >= 0.6 is 0 Å². The fourth-order valence-corrected chi connectivity index (χ4v) is 1.73. The molecular weight excluding hydrogens is 285 g/mol. The lowest BCUT2D eigenvalue weighted by Gasteiger charge is -2.19. The molecule has 0 unspecified atom stereocenters. The second-order valence-corrected chi connectivity index (χ2v) is 4.49. The maximum atomic E-state index is 12.8.